The summed E-state index contributed by atoms with van der Waals surface area (Å²) in [4.78, 5) is 38.9. The molecule has 1 aliphatic rings. The summed E-state index contributed by atoms with van der Waals surface area (Å²) in [5.41, 5.74) is 3.32. The van der Waals surface area contributed by atoms with E-state index in [9.17, 15) is 19.6 Å². The SMILES string of the molecule is Cn1c(=O)oc2ccc(-c3ccc(C[C@@H](C#N)NC(=O)[C@@H]4CN(C(=O)OC(C)(C)C)CCCCO4)cc3)cc21. The zero-order valence-electron chi connectivity index (χ0n) is 22.7. The molecule has 3 aromatic rings. The number of carbonyl (C=O) groups is 2. The lowest BCUT2D eigenvalue weighted by atomic mass is 10.0. The van der Waals surface area contributed by atoms with E-state index >= 15 is 0 Å². The summed E-state index contributed by atoms with van der Waals surface area (Å²) in [6.45, 7) is 6.31. The first-order valence-corrected chi connectivity index (χ1v) is 13.0. The maximum absolute atomic E-state index is 13.1. The van der Waals surface area contributed by atoms with Crippen molar-refractivity contribution in [2.75, 3.05) is 19.7 Å². The summed E-state index contributed by atoms with van der Waals surface area (Å²) in [7, 11) is 1.66. The molecule has 1 saturated heterocycles. The summed E-state index contributed by atoms with van der Waals surface area (Å²) < 4.78 is 17.9. The van der Waals surface area contributed by atoms with Crippen LogP contribution in [0.15, 0.2) is 51.7 Å². The minimum atomic E-state index is -0.898. The molecule has 2 aromatic carbocycles. The van der Waals surface area contributed by atoms with Crippen molar-refractivity contribution in [3.63, 3.8) is 0 Å². The molecule has 0 saturated carbocycles. The van der Waals surface area contributed by atoms with Crippen molar-refractivity contribution in [3.05, 3.63) is 58.6 Å². The number of benzene rings is 2. The number of amides is 2. The molecule has 0 radical (unpaired) electrons. The number of fused-ring (bicyclic) bond motifs is 1. The highest BCUT2D eigenvalue weighted by Gasteiger charge is 2.30. The number of aryl methyl sites for hydroxylation is 1. The van der Waals surface area contributed by atoms with E-state index in [0.717, 1.165) is 23.1 Å². The van der Waals surface area contributed by atoms with E-state index in [2.05, 4.69) is 11.4 Å². The zero-order chi connectivity index (χ0) is 28.2. The summed E-state index contributed by atoms with van der Waals surface area (Å²) in [6.07, 6.45) is 0.376. The van der Waals surface area contributed by atoms with E-state index in [-0.39, 0.29) is 6.54 Å². The zero-order valence-corrected chi connectivity index (χ0v) is 22.7. The Morgan fingerprint density at radius 3 is 2.56 bits per heavy atom. The third kappa shape index (κ3) is 7.06. The third-order valence-corrected chi connectivity index (χ3v) is 6.46. The van der Waals surface area contributed by atoms with Gasteiger partial charge < -0.3 is 24.1 Å². The summed E-state index contributed by atoms with van der Waals surface area (Å²) in [5.74, 6) is -0.850. The van der Waals surface area contributed by atoms with Crippen LogP contribution in [0.4, 0.5) is 4.79 Å². The van der Waals surface area contributed by atoms with Gasteiger partial charge >= 0.3 is 11.8 Å². The number of hydrogen-bond donors (Lipinski definition) is 1. The maximum Gasteiger partial charge on any atom is 0.419 e. The van der Waals surface area contributed by atoms with Crippen LogP contribution in [0.5, 0.6) is 0 Å². The van der Waals surface area contributed by atoms with Crippen molar-refractivity contribution in [1.29, 1.82) is 5.26 Å². The van der Waals surface area contributed by atoms with Gasteiger partial charge in [-0.2, -0.15) is 5.26 Å². The van der Waals surface area contributed by atoms with Crippen LogP contribution in [-0.4, -0.2) is 58.9 Å². The van der Waals surface area contributed by atoms with E-state index in [1.165, 1.54) is 9.47 Å². The molecule has 1 aliphatic heterocycles. The van der Waals surface area contributed by atoms with E-state index in [0.29, 0.717) is 37.1 Å². The lowest BCUT2D eigenvalue weighted by molar-refractivity contribution is -0.135. The molecule has 39 heavy (non-hydrogen) atoms. The molecule has 2 heterocycles. The number of rotatable bonds is 5. The van der Waals surface area contributed by atoms with Gasteiger partial charge in [0.25, 0.3) is 5.91 Å². The second-order valence-corrected chi connectivity index (χ2v) is 10.7. The fourth-order valence-electron chi connectivity index (χ4n) is 4.39. The van der Waals surface area contributed by atoms with Crippen molar-refractivity contribution in [2.24, 2.45) is 7.05 Å². The van der Waals surface area contributed by atoms with Crippen molar-refractivity contribution >= 4 is 23.1 Å². The Morgan fingerprint density at radius 1 is 1.15 bits per heavy atom. The average molecular weight is 535 g/mol. The first kappa shape index (κ1) is 27.9. The summed E-state index contributed by atoms with van der Waals surface area (Å²) in [6, 6.07) is 14.6. The Morgan fingerprint density at radius 2 is 1.87 bits per heavy atom. The molecule has 0 bridgehead atoms. The van der Waals surface area contributed by atoms with Crippen molar-refractivity contribution in [1.82, 2.24) is 14.8 Å². The number of nitrogens with zero attached hydrogens (tertiary/aromatic N) is 3. The molecular weight excluding hydrogens is 500 g/mol. The van der Waals surface area contributed by atoms with Crippen molar-refractivity contribution < 1.29 is 23.5 Å². The average Bonchev–Trinajstić information content (AvgIpc) is 3.15. The lowest BCUT2D eigenvalue weighted by Crippen LogP contribution is -2.50. The van der Waals surface area contributed by atoms with Gasteiger partial charge in [-0.05, 0) is 62.4 Å². The van der Waals surface area contributed by atoms with Gasteiger partial charge in [-0.3, -0.25) is 9.36 Å². The molecule has 0 aliphatic carbocycles. The van der Waals surface area contributed by atoms with E-state index < -0.39 is 35.5 Å². The minimum absolute atomic E-state index is 0.0557. The number of ether oxygens (including phenoxy) is 2. The van der Waals surface area contributed by atoms with Gasteiger partial charge in [-0.25, -0.2) is 9.59 Å². The summed E-state index contributed by atoms with van der Waals surface area (Å²) in [5, 5.41) is 12.5. The van der Waals surface area contributed by atoms with Crippen molar-refractivity contribution in [3.8, 4) is 17.2 Å². The molecule has 10 nitrogen and oxygen atoms in total. The fraction of sp³-hybridized carbons (Fsp3) is 0.448. The Hall–Kier alpha value is -4.10. The molecule has 0 spiro atoms. The molecule has 1 N–H and O–H groups in total. The first-order valence-electron chi connectivity index (χ1n) is 13.0. The molecule has 2 atom stereocenters. The maximum atomic E-state index is 13.1. The Kier molecular flexibility index (Phi) is 8.41. The van der Waals surface area contributed by atoms with E-state index in [1.54, 1.807) is 33.9 Å². The molecule has 2 amide bonds. The second kappa shape index (κ2) is 11.7. The second-order valence-electron chi connectivity index (χ2n) is 10.7. The Balaban J connectivity index is 1.40. The highest BCUT2D eigenvalue weighted by molar-refractivity contribution is 5.83. The largest absolute Gasteiger partial charge is 0.444 e. The van der Waals surface area contributed by atoms with Crippen LogP contribution in [-0.2, 0) is 27.7 Å². The Bertz CT molecular complexity index is 1430. The number of nitrogens with one attached hydrogen (secondary N) is 1. The van der Waals surface area contributed by atoms with E-state index in [1.807, 2.05) is 36.4 Å². The van der Waals surface area contributed by atoms with Crippen LogP contribution in [0, 0.1) is 11.3 Å². The van der Waals surface area contributed by atoms with Gasteiger partial charge in [-0.15, -0.1) is 0 Å². The molecule has 1 aromatic heterocycles. The number of aromatic nitrogens is 1. The van der Waals surface area contributed by atoms with Crippen LogP contribution in [0.1, 0.15) is 39.2 Å². The van der Waals surface area contributed by atoms with Gasteiger partial charge in [0.05, 0.1) is 18.1 Å². The Labute approximate surface area is 227 Å². The molecule has 1 fully saturated rings. The third-order valence-electron chi connectivity index (χ3n) is 6.46. The van der Waals surface area contributed by atoms with Gasteiger partial charge in [0, 0.05) is 26.6 Å². The number of hydrogen-bond acceptors (Lipinski definition) is 7. The number of oxazole rings is 1. The van der Waals surface area contributed by atoms with Crippen LogP contribution in [0.25, 0.3) is 22.2 Å². The van der Waals surface area contributed by atoms with E-state index in [4.69, 9.17) is 13.9 Å². The quantitative estimate of drug-likeness (QED) is 0.528. The molecule has 206 valence electrons. The number of nitriles is 1. The molecule has 10 heteroatoms. The highest BCUT2D eigenvalue weighted by atomic mass is 16.6. The normalized spacial score (nSPS) is 17.1. The summed E-state index contributed by atoms with van der Waals surface area (Å²) >= 11 is 0. The standard InChI is InChI=1S/C29H34N4O6/c1-29(2,3)39-28(36)33-13-5-6-14-37-25(18-33)26(34)31-22(17-30)15-19-7-9-20(10-8-19)21-11-12-24-23(16-21)32(4)27(35)38-24/h7-12,16,22,25H,5-6,13-15,18H2,1-4H3,(H,31,34)/t22-,25-/m0/s1. The predicted octanol–water partition coefficient (Wildman–Crippen LogP) is 3.77. The highest BCUT2D eigenvalue weighted by Crippen LogP contribution is 2.24. The molecule has 4 rings (SSSR count). The molecular formula is C29H34N4O6. The van der Waals surface area contributed by atoms with Crippen LogP contribution < -0.4 is 11.1 Å². The molecule has 0 unspecified atom stereocenters. The van der Waals surface area contributed by atoms with Gasteiger partial charge in [0.1, 0.15) is 11.6 Å². The minimum Gasteiger partial charge on any atom is -0.444 e. The topological polar surface area (TPSA) is 127 Å². The van der Waals surface area contributed by atoms with Crippen molar-refractivity contribution in [2.45, 2.75) is 57.8 Å². The number of carbonyl (C=O) groups excluding carboxylic acids is 2. The van der Waals surface area contributed by atoms with Gasteiger partial charge in [0.2, 0.25) is 0 Å². The lowest BCUT2D eigenvalue weighted by Gasteiger charge is -2.31. The fourth-order valence-corrected chi connectivity index (χ4v) is 4.39. The predicted molar refractivity (Wildman–Crippen MR) is 145 cm³/mol. The van der Waals surface area contributed by atoms with Crippen LogP contribution in [0.3, 0.4) is 0 Å². The van der Waals surface area contributed by atoms with Crippen LogP contribution >= 0.6 is 0 Å². The van der Waals surface area contributed by atoms with Crippen LogP contribution in [0.2, 0.25) is 0 Å². The van der Waals surface area contributed by atoms with Gasteiger partial charge in [0.15, 0.2) is 11.7 Å². The first-order chi connectivity index (χ1) is 18.5. The smallest absolute Gasteiger partial charge is 0.419 e. The van der Waals surface area contributed by atoms with Gasteiger partial charge in [-0.1, -0.05) is 30.3 Å². The monoisotopic (exact) mass is 534 g/mol.